The van der Waals surface area contributed by atoms with E-state index in [-0.39, 0.29) is 22.4 Å². The Morgan fingerprint density at radius 1 is 1.20 bits per heavy atom. The number of anilines is 2. The molecule has 1 aliphatic rings. The van der Waals surface area contributed by atoms with Gasteiger partial charge in [0.15, 0.2) is 9.84 Å². The normalized spacial score (nSPS) is 15.0. The van der Waals surface area contributed by atoms with Crippen molar-refractivity contribution in [2.24, 2.45) is 0 Å². The molecule has 8 heteroatoms. The Kier molecular flexibility index (Phi) is 5.59. The second-order valence-corrected chi connectivity index (χ2v) is 10.4. The average Bonchev–Trinajstić information content (AvgIpc) is 3.25. The van der Waals surface area contributed by atoms with E-state index in [9.17, 15) is 13.2 Å². The van der Waals surface area contributed by atoms with Crippen molar-refractivity contribution in [3.05, 3.63) is 57.5 Å². The lowest BCUT2D eigenvalue weighted by molar-refractivity contribution is 0.519. The summed E-state index contributed by atoms with van der Waals surface area (Å²) in [5.74, 6) is 0.650. The number of halogens is 1. The number of benzene rings is 1. The van der Waals surface area contributed by atoms with Crippen LogP contribution in [0.5, 0.6) is 0 Å². The smallest absolute Gasteiger partial charge is 0.270 e. The topological polar surface area (TPSA) is 81.1 Å². The van der Waals surface area contributed by atoms with Gasteiger partial charge in [-0.15, -0.1) is 0 Å². The summed E-state index contributed by atoms with van der Waals surface area (Å²) in [6.07, 6.45) is 5.85. The fourth-order valence-electron chi connectivity index (χ4n) is 4.07. The lowest BCUT2D eigenvalue weighted by Crippen LogP contribution is -2.24. The molecule has 4 rings (SSSR count). The van der Waals surface area contributed by atoms with Crippen molar-refractivity contribution in [2.45, 2.75) is 50.5 Å². The highest BCUT2D eigenvalue weighted by Crippen LogP contribution is 2.32. The SMILES string of the molecule is CCS(=O)(=O)c1ccc(Nc2cc3c(cn2)cc(Cl)c(=O)n3C2CCCC2)c(C)c1. The zero-order valence-electron chi connectivity index (χ0n) is 17.0. The Balaban J connectivity index is 1.75. The van der Waals surface area contributed by atoms with E-state index in [0.717, 1.165) is 47.8 Å². The van der Waals surface area contributed by atoms with Gasteiger partial charge in [0.1, 0.15) is 10.8 Å². The molecule has 30 heavy (non-hydrogen) atoms. The van der Waals surface area contributed by atoms with E-state index in [0.29, 0.717) is 10.7 Å². The molecule has 1 aliphatic carbocycles. The van der Waals surface area contributed by atoms with Gasteiger partial charge in [-0.05, 0) is 49.6 Å². The number of aryl methyl sites for hydroxylation is 1. The Morgan fingerprint density at radius 2 is 1.93 bits per heavy atom. The highest BCUT2D eigenvalue weighted by molar-refractivity contribution is 7.91. The van der Waals surface area contributed by atoms with Gasteiger partial charge in [0.05, 0.1) is 16.2 Å². The van der Waals surface area contributed by atoms with Crippen LogP contribution in [0.1, 0.15) is 44.2 Å². The van der Waals surface area contributed by atoms with E-state index in [4.69, 9.17) is 11.6 Å². The van der Waals surface area contributed by atoms with Crippen LogP contribution < -0.4 is 10.9 Å². The number of nitrogens with one attached hydrogen (secondary N) is 1. The van der Waals surface area contributed by atoms with E-state index < -0.39 is 9.84 Å². The van der Waals surface area contributed by atoms with E-state index in [2.05, 4.69) is 10.3 Å². The monoisotopic (exact) mass is 445 g/mol. The minimum Gasteiger partial charge on any atom is -0.340 e. The summed E-state index contributed by atoms with van der Waals surface area (Å²) in [6.45, 7) is 3.48. The van der Waals surface area contributed by atoms with Crippen LogP contribution in [0.2, 0.25) is 5.02 Å². The van der Waals surface area contributed by atoms with E-state index >= 15 is 0 Å². The fraction of sp³-hybridized carbons (Fsp3) is 0.364. The summed E-state index contributed by atoms with van der Waals surface area (Å²) < 4.78 is 26.0. The number of nitrogens with zero attached hydrogens (tertiary/aromatic N) is 2. The zero-order chi connectivity index (χ0) is 21.5. The molecule has 6 nitrogen and oxygen atoms in total. The molecule has 0 bridgehead atoms. The standard InChI is InChI=1S/C22H24ClN3O3S/c1-3-30(28,29)17-8-9-19(14(2)10-17)25-21-12-20-15(13-24-21)11-18(23)22(27)26(20)16-6-4-5-7-16/h8-13,16H,3-7H2,1-2H3,(H,24,25). The van der Waals surface area contributed by atoms with Gasteiger partial charge in [0.25, 0.3) is 5.56 Å². The minimum absolute atomic E-state index is 0.0622. The predicted octanol–water partition coefficient (Wildman–Crippen LogP) is 5.01. The number of sulfone groups is 1. The maximum absolute atomic E-state index is 12.8. The minimum atomic E-state index is -3.26. The van der Waals surface area contributed by atoms with E-state index in [1.165, 1.54) is 0 Å². The summed E-state index contributed by atoms with van der Waals surface area (Å²) in [7, 11) is -3.26. The molecule has 1 saturated carbocycles. The van der Waals surface area contributed by atoms with Crippen LogP contribution in [-0.2, 0) is 9.84 Å². The maximum atomic E-state index is 12.8. The molecule has 158 valence electrons. The van der Waals surface area contributed by atoms with Crippen LogP contribution in [0.25, 0.3) is 10.9 Å². The molecule has 0 unspecified atom stereocenters. The van der Waals surface area contributed by atoms with Crippen molar-refractivity contribution in [1.29, 1.82) is 0 Å². The van der Waals surface area contributed by atoms with Gasteiger partial charge in [0.2, 0.25) is 0 Å². The third-order valence-electron chi connectivity index (χ3n) is 5.77. The van der Waals surface area contributed by atoms with Crippen LogP contribution in [0.15, 0.2) is 46.2 Å². The maximum Gasteiger partial charge on any atom is 0.270 e. The summed E-state index contributed by atoms with van der Waals surface area (Å²) in [4.78, 5) is 17.6. The number of fused-ring (bicyclic) bond motifs is 1. The highest BCUT2D eigenvalue weighted by atomic mass is 35.5. The number of pyridine rings is 2. The van der Waals surface area contributed by atoms with Crippen molar-refractivity contribution in [1.82, 2.24) is 9.55 Å². The molecule has 0 saturated heterocycles. The van der Waals surface area contributed by atoms with Crippen molar-refractivity contribution in [3.8, 4) is 0 Å². The van der Waals surface area contributed by atoms with Crippen LogP contribution in [0, 0.1) is 6.92 Å². The molecule has 1 aromatic carbocycles. The average molecular weight is 446 g/mol. The molecule has 1 N–H and O–H groups in total. The molecule has 2 heterocycles. The lowest BCUT2D eigenvalue weighted by atomic mass is 10.1. The Bertz CT molecular complexity index is 1280. The van der Waals surface area contributed by atoms with E-state index in [1.54, 1.807) is 42.0 Å². The summed E-state index contributed by atoms with van der Waals surface area (Å²) in [5.41, 5.74) is 2.20. The largest absolute Gasteiger partial charge is 0.340 e. The first-order chi connectivity index (χ1) is 14.3. The fourth-order valence-corrected chi connectivity index (χ4v) is 5.24. The first-order valence-electron chi connectivity index (χ1n) is 10.1. The number of hydrogen-bond acceptors (Lipinski definition) is 5. The predicted molar refractivity (Wildman–Crippen MR) is 121 cm³/mol. The van der Waals surface area contributed by atoms with Gasteiger partial charge in [-0.1, -0.05) is 31.4 Å². The van der Waals surface area contributed by atoms with E-state index in [1.807, 2.05) is 13.0 Å². The number of hydrogen-bond donors (Lipinski definition) is 1. The third-order valence-corrected chi connectivity index (χ3v) is 7.77. The Hall–Kier alpha value is -2.38. The molecule has 0 aliphatic heterocycles. The molecule has 0 atom stereocenters. The van der Waals surface area contributed by atoms with Gasteiger partial charge >= 0.3 is 0 Å². The van der Waals surface area contributed by atoms with Gasteiger partial charge < -0.3 is 9.88 Å². The van der Waals surface area contributed by atoms with Crippen molar-refractivity contribution in [3.63, 3.8) is 0 Å². The molecular formula is C22H24ClN3O3S. The second kappa shape index (κ2) is 8.04. The molecule has 0 amide bonds. The van der Waals surface area contributed by atoms with Crippen LogP contribution in [0.3, 0.4) is 0 Å². The molecular weight excluding hydrogens is 422 g/mol. The van der Waals surface area contributed by atoms with Crippen LogP contribution in [-0.4, -0.2) is 23.7 Å². The third kappa shape index (κ3) is 3.84. The quantitative estimate of drug-likeness (QED) is 0.596. The molecule has 0 radical (unpaired) electrons. The molecule has 3 aromatic rings. The first-order valence-corrected chi connectivity index (χ1v) is 12.1. The lowest BCUT2D eigenvalue weighted by Gasteiger charge is -2.18. The number of rotatable bonds is 5. The van der Waals surface area contributed by atoms with Crippen molar-refractivity contribution in [2.75, 3.05) is 11.1 Å². The summed E-state index contributed by atoms with van der Waals surface area (Å²) in [6, 6.07) is 8.68. The van der Waals surface area contributed by atoms with Crippen LogP contribution in [0.4, 0.5) is 11.5 Å². The molecule has 0 spiro atoms. The van der Waals surface area contributed by atoms with Gasteiger partial charge in [-0.3, -0.25) is 4.79 Å². The summed E-state index contributed by atoms with van der Waals surface area (Å²) >= 11 is 6.20. The Labute approximate surface area is 180 Å². The zero-order valence-corrected chi connectivity index (χ0v) is 18.6. The second-order valence-electron chi connectivity index (χ2n) is 7.74. The first kappa shape index (κ1) is 20.9. The highest BCUT2D eigenvalue weighted by Gasteiger charge is 2.21. The molecule has 1 fully saturated rings. The summed E-state index contributed by atoms with van der Waals surface area (Å²) in [5, 5.41) is 4.29. The number of aromatic nitrogens is 2. The molecule has 2 aromatic heterocycles. The van der Waals surface area contributed by atoms with Crippen molar-refractivity contribution < 1.29 is 8.42 Å². The van der Waals surface area contributed by atoms with Crippen molar-refractivity contribution >= 4 is 43.8 Å². The van der Waals surface area contributed by atoms with Gasteiger partial charge in [-0.2, -0.15) is 0 Å². The Morgan fingerprint density at radius 3 is 2.60 bits per heavy atom. The van der Waals surface area contributed by atoms with Crippen LogP contribution >= 0.6 is 11.6 Å². The van der Waals surface area contributed by atoms with Gasteiger partial charge in [0, 0.05) is 29.4 Å². The van der Waals surface area contributed by atoms with Gasteiger partial charge in [-0.25, -0.2) is 13.4 Å².